The molecule has 0 atom stereocenters. The molecule has 5 nitrogen and oxygen atoms in total. The molecule has 0 aromatic carbocycles. The van der Waals surface area contributed by atoms with Crippen LogP contribution in [0.2, 0.25) is 0 Å². The van der Waals surface area contributed by atoms with Crippen molar-refractivity contribution in [3.63, 3.8) is 0 Å². The van der Waals surface area contributed by atoms with Gasteiger partial charge in [0.1, 0.15) is 0 Å². The SMILES string of the molecule is CCOCCS(=O)(=O)N(CCC#N)C1CC1. The number of nitriles is 1. The predicted octanol–water partition coefficient (Wildman–Crippen LogP) is 0.731. The van der Waals surface area contributed by atoms with Gasteiger partial charge < -0.3 is 4.74 Å². The van der Waals surface area contributed by atoms with Crippen LogP contribution in [0.15, 0.2) is 0 Å². The third-order valence-corrected chi connectivity index (χ3v) is 4.32. The molecule has 1 rings (SSSR count). The van der Waals surface area contributed by atoms with Crippen molar-refractivity contribution in [1.29, 1.82) is 5.26 Å². The highest BCUT2D eigenvalue weighted by atomic mass is 32.2. The van der Waals surface area contributed by atoms with Gasteiger partial charge in [-0.15, -0.1) is 0 Å². The fraction of sp³-hybridized carbons (Fsp3) is 0.900. The van der Waals surface area contributed by atoms with Crippen molar-refractivity contribution < 1.29 is 13.2 Å². The molecule has 6 heteroatoms. The van der Waals surface area contributed by atoms with Crippen molar-refractivity contribution in [1.82, 2.24) is 4.31 Å². The Hall–Kier alpha value is -0.640. The molecule has 1 saturated carbocycles. The third-order valence-electron chi connectivity index (χ3n) is 2.45. The zero-order valence-corrected chi connectivity index (χ0v) is 10.4. The van der Waals surface area contributed by atoms with Gasteiger partial charge in [-0.2, -0.15) is 9.57 Å². The van der Waals surface area contributed by atoms with Crippen molar-refractivity contribution in [2.45, 2.75) is 32.2 Å². The van der Waals surface area contributed by atoms with Crippen LogP contribution in [0.3, 0.4) is 0 Å². The van der Waals surface area contributed by atoms with Gasteiger partial charge in [0, 0.05) is 25.6 Å². The minimum Gasteiger partial charge on any atom is -0.381 e. The second-order valence-corrected chi connectivity index (χ2v) is 5.80. The summed E-state index contributed by atoms with van der Waals surface area (Å²) in [7, 11) is -3.25. The number of sulfonamides is 1. The standard InChI is InChI=1S/C10H18N2O3S/c1-2-15-8-9-16(13,14)12(7-3-6-11)10-4-5-10/h10H,2-5,7-9H2,1H3. The Kier molecular flexibility index (Phi) is 5.19. The van der Waals surface area contributed by atoms with E-state index in [0.29, 0.717) is 13.2 Å². The molecule has 0 spiro atoms. The van der Waals surface area contributed by atoms with E-state index in [-0.39, 0.29) is 24.8 Å². The molecule has 1 fully saturated rings. The van der Waals surface area contributed by atoms with Crippen LogP contribution >= 0.6 is 0 Å². The maximum absolute atomic E-state index is 11.9. The van der Waals surface area contributed by atoms with E-state index in [4.69, 9.17) is 10.00 Å². The van der Waals surface area contributed by atoms with Crippen LogP contribution in [-0.4, -0.2) is 44.3 Å². The Morgan fingerprint density at radius 3 is 2.69 bits per heavy atom. The molecule has 0 saturated heterocycles. The largest absolute Gasteiger partial charge is 0.381 e. The Labute approximate surface area is 97.0 Å². The van der Waals surface area contributed by atoms with E-state index >= 15 is 0 Å². The van der Waals surface area contributed by atoms with Gasteiger partial charge >= 0.3 is 0 Å². The summed E-state index contributed by atoms with van der Waals surface area (Å²) in [6, 6.07) is 2.11. The Morgan fingerprint density at radius 2 is 2.19 bits per heavy atom. The highest BCUT2D eigenvalue weighted by Gasteiger charge is 2.36. The van der Waals surface area contributed by atoms with E-state index in [1.54, 1.807) is 0 Å². The molecule has 16 heavy (non-hydrogen) atoms. The molecule has 0 radical (unpaired) electrons. The van der Waals surface area contributed by atoms with Crippen LogP contribution in [0, 0.1) is 11.3 Å². The van der Waals surface area contributed by atoms with Gasteiger partial charge in [0.05, 0.1) is 18.4 Å². The molecule has 0 unspecified atom stereocenters. The molecule has 92 valence electrons. The number of ether oxygens (including phenoxy) is 1. The number of nitrogens with zero attached hydrogens (tertiary/aromatic N) is 2. The van der Waals surface area contributed by atoms with E-state index in [1.807, 2.05) is 13.0 Å². The average Bonchev–Trinajstić information content (AvgIpc) is 3.02. The number of hydrogen-bond acceptors (Lipinski definition) is 4. The number of hydrogen-bond donors (Lipinski definition) is 0. The summed E-state index contributed by atoms with van der Waals surface area (Å²) in [5.74, 6) is 0.0166. The topological polar surface area (TPSA) is 70.4 Å². The van der Waals surface area contributed by atoms with E-state index in [1.165, 1.54) is 4.31 Å². The van der Waals surface area contributed by atoms with Gasteiger partial charge in [-0.25, -0.2) is 8.42 Å². The quantitative estimate of drug-likeness (QED) is 0.592. The first kappa shape index (κ1) is 13.4. The van der Waals surface area contributed by atoms with Crippen LogP contribution in [0.4, 0.5) is 0 Å². The van der Waals surface area contributed by atoms with E-state index in [0.717, 1.165) is 12.8 Å². The molecule has 0 heterocycles. The van der Waals surface area contributed by atoms with Crippen molar-refractivity contribution in [3.05, 3.63) is 0 Å². The summed E-state index contributed by atoms with van der Waals surface area (Å²) in [6.07, 6.45) is 2.09. The van der Waals surface area contributed by atoms with Crippen molar-refractivity contribution >= 4 is 10.0 Å². The molecular weight excluding hydrogens is 228 g/mol. The summed E-state index contributed by atoms with van der Waals surface area (Å²) >= 11 is 0. The van der Waals surface area contributed by atoms with Crippen LogP contribution < -0.4 is 0 Å². The maximum atomic E-state index is 11.9. The van der Waals surface area contributed by atoms with Crippen molar-refractivity contribution in [2.75, 3.05) is 25.5 Å². The molecule has 0 amide bonds. The summed E-state index contributed by atoms with van der Waals surface area (Å²) in [5.41, 5.74) is 0. The lowest BCUT2D eigenvalue weighted by Gasteiger charge is -2.20. The lowest BCUT2D eigenvalue weighted by molar-refractivity contribution is 0.162. The fourth-order valence-electron chi connectivity index (χ4n) is 1.50. The second-order valence-electron chi connectivity index (χ2n) is 3.76. The van der Waals surface area contributed by atoms with Crippen LogP contribution in [0.1, 0.15) is 26.2 Å². The molecular formula is C10H18N2O3S. The lowest BCUT2D eigenvalue weighted by Crippen LogP contribution is -2.36. The highest BCUT2D eigenvalue weighted by Crippen LogP contribution is 2.29. The van der Waals surface area contributed by atoms with E-state index in [2.05, 4.69) is 0 Å². The van der Waals surface area contributed by atoms with Crippen LogP contribution in [0.5, 0.6) is 0 Å². The van der Waals surface area contributed by atoms with Gasteiger partial charge in [-0.05, 0) is 19.8 Å². The molecule has 0 aromatic heterocycles. The van der Waals surface area contributed by atoms with Crippen molar-refractivity contribution in [3.8, 4) is 6.07 Å². The molecule has 0 N–H and O–H groups in total. The van der Waals surface area contributed by atoms with Gasteiger partial charge in [-0.1, -0.05) is 0 Å². The highest BCUT2D eigenvalue weighted by molar-refractivity contribution is 7.89. The predicted molar refractivity (Wildman–Crippen MR) is 60.2 cm³/mol. The Morgan fingerprint density at radius 1 is 1.50 bits per heavy atom. The van der Waals surface area contributed by atoms with Crippen LogP contribution in [-0.2, 0) is 14.8 Å². The fourth-order valence-corrected chi connectivity index (χ4v) is 3.09. The monoisotopic (exact) mass is 246 g/mol. The minimum absolute atomic E-state index is 0.0166. The van der Waals surface area contributed by atoms with E-state index in [9.17, 15) is 8.42 Å². The summed E-state index contributed by atoms with van der Waals surface area (Å²) in [5, 5.41) is 8.50. The maximum Gasteiger partial charge on any atom is 0.216 e. The van der Waals surface area contributed by atoms with Gasteiger partial charge in [0.2, 0.25) is 10.0 Å². The Balaban J connectivity index is 2.51. The van der Waals surface area contributed by atoms with Gasteiger partial charge in [-0.3, -0.25) is 0 Å². The Bertz CT molecular complexity index is 344. The zero-order chi connectivity index (χ0) is 12.0. The smallest absolute Gasteiger partial charge is 0.216 e. The summed E-state index contributed by atoms with van der Waals surface area (Å²) in [6.45, 7) is 2.91. The van der Waals surface area contributed by atoms with Gasteiger partial charge in [0.15, 0.2) is 0 Å². The normalized spacial score (nSPS) is 16.3. The third kappa shape index (κ3) is 4.08. The van der Waals surface area contributed by atoms with Crippen LogP contribution in [0.25, 0.3) is 0 Å². The second kappa shape index (κ2) is 6.18. The molecule has 1 aliphatic carbocycles. The molecule has 1 aliphatic rings. The van der Waals surface area contributed by atoms with Crippen molar-refractivity contribution in [2.24, 2.45) is 0 Å². The van der Waals surface area contributed by atoms with E-state index < -0.39 is 10.0 Å². The first-order valence-corrected chi connectivity index (χ1v) is 7.17. The average molecular weight is 246 g/mol. The lowest BCUT2D eigenvalue weighted by atomic mass is 10.4. The first-order chi connectivity index (χ1) is 7.61. The first-order valence-electron chi connectivity index (χ1n) is 5.56. The summed E-state index contributed by atoms with van der Waals surface area (Å²) in [4.78, 5) is 0. The minimum atomic E-state index is -3.25. The zero-order valence-electron chi connectivity index (χ0n) is 9.55. The summed E-state index contributed by atoms with van der Waals surface area (Å²) < 4.78 is 30.4. The molecule has 0 aromatic rings. The molecule has 0 aliphatic heterocycles. The van der Waals surface area contributed by atoms with Gasteiger partial charge in [0.25, 0.3) is 0 Å². The molecule has 0 bridgehead atoms. The number of rotatable bonds is 8.